The molecule has 3 heterocycles. The fraction of sp³-hybridized carbons (Fsp3) is 0.522. The molecular formula is C23H30N4O2. The number of hydrogen-bond acceptors (Lipinski definition) is 5. The van der Waals surface area contributed by atoms with E-state index in [1.807, 2.05) is 29.3 Å². The fourth-order valence-corrected chi connectivity index (χ4v) is 4.22. The van der Waals surface area contributed by atoms with Gasteiger partial charge in [0.05, 0.1) is 6.61 Å². The lowest BCUT2D eigenvalue weighted by atomic mass is 10.0. The van der Waals surface area contributed by atoms with Crippen LogP contribution in [-0.4, -0.2) is 58.5 Å². The van der Waals surface area contributed by atoms with Crippen LogP contribution in [-0.2, 0) is 17.8 Å². The summed E-state index contributed by atoms with van der Waals surface area (Å²) in [6.45, 7) is 8.97. The molecule has 1 aromatic heterocycles. The van der Waals surface area contributed by atoms with Gasteiger partial charge in [0.15, 0.2) is 0 Å². The Morgan fingerprint density at radius 2 is 2.14 bits per heavy atom. The van der Waals surface area contributed by atoms with E-state index in [2.05, 4.69) is 22.9 Å². The highest BCUT2D eigenvalue weighted by Gasteiger charge is 2.28. The van der Waals surface area contributed by atoms with Gasteiger partial charge in [-0.15, -0.1) is 0 Å². The summed E-state index contributed by atoms with van der Waals surface area (Å²) in [5.41, 5.74) is 3.60. The third kappa shape index (κ3) is 4.75. The zero-order chi connectivity index (χ0) is 20.2. The lowest BCUT2D eigenvalue weighted by molar-refractivity contribution is -0.127. The van der Waals surface area contributed by atoms with Crippen molar-refractivity contribution in [3.63, 3.8) is 0 Å². The summed E-state index contributed by atoms with van der Waals surface area (Å²) in [6, 6.07) is 8.16. The van der Waals surface area contributed by atoms with E-state index < -0.39 is 0 Å². The predicted molar refractivity (Wildman–Crippen MR) is 112 cm³/mol. The highest BCUT2D eigenvalue weighted by molar-refractivity contribution is 5.73. The van der Waals surface area contributed by atoms with Crippen LogP contribution in [0.5, 0.6) is 5.75 Å². The molecular weight excluding hydrogens is 364 g/mol. The number of para-hydroxylation sites is 1. The van der Waals surface area contributed by atoms with Crippen molar-refractivity contribution in [1.29, 1.82) is 0 Å². The topological polar surface area (TPSA) is 58.6 Å². The minimum absolute atomic E-state index is 0.146. The monoisotopic (exact) mass is 394 g/mol. The van der Waals surface area contributed by atoms with Crippen LogP contribution >= 0.6 is 0 Å². The van der Waals surface area contributed by atoms with E-state index in [9.17, 15) is 4.79 Å². The molecule has 0 radical (unpaired) electrons. The number of aryl methyl sites for hydroxylation is 1. The Morgan fingerprint density at radius 1 is 1.28 bits per heavy atom. The summed E-state index contributed by atoms with van der Waals surface area (Å²) in [4.78, 5) is 25.4. The lowest BCUT2D eigenvalue weighted by Gasteiger charge is -2.28. The Balaban J connectivity index is 1.27. The van der Waals surface area contributed by atoms with Crippen molar-refractivity contribution in [3.8, 4) is 5.75 Å². The number of fused-ring (bicyclic) bond motifs is 1. The molecule has 0 unspecified atom stereocenters. The minimum Gasteiger partial charge on any atom is -0.493 e. The molecule has 1 amide bonds. The van der Waals surface area contributed by atoms with E-state index in [1.165, 1.54) is 16.8 Å². The van der Waals surface area contributed by atoms with E-state index >= 15 is 0 Å². The second kappa shape index (κ2) is 8.91. The summed E-state index contributed by atoms with van der Waals surface area (Å²) in [5, 5.41) is 0. The molecule has 0 aliphatic carbocycles. The predicted octanol–water partition coefficient (Wildman–Crippen LogP) is 2.95. The molecule has 0 spiro atoms. The number of nitrogens with zero attached hydrogens (tertiary/aromatic N) is 4. The summed E-state index contributed by atoms with van der Waals surface area (Å²) in [6.07, 6.45) is 4.94. The quantitative estimate of drug-likeness (QED) is 0.705. The lowest BCUT2D eigenvalue weighted by Crippen LogP contribution is -2.33. The van der Waals surface area contributed by atoms with Crippen LogP contribution in [0.2, 0.25) is 0 Å². The van der Waals surface area contributed by atoms with Crippen molar-refractivity contribution in [1.82, 2.24) is 19.8 Å². The molecule has 1 atom stereocenters. The van der Waals surface area contributed by atoms with Gasteiger partial charge in [-0.1, -0.05) is 18.2 Å². The number of ether oxygens (including phenoxy) is 1. The Morgan fingerprint density at radius 3 is 2.93 bits per heavy atom. The molecule has 2 aliphatic rings. The number of carbonyl (C=O) groups excluding carboxylic acids is 1. The molecule has 1 saturated heterocycles. The van der Waals surface area contributed by atoms with Gasteiger partial charge < -0.3 is 9.64 Å². The summed E-state index contributed by atoms with van der Waals surface area (Å²) in [7, 11) is 0. The minimum atomic E-state index is 0.146. The van der Waals surface area contributed by atoms with Crippen molar-refractivity contribution in [2.24, 2.45) is 0 Å². The first-order chi connectivity index (χ1) is 14.1. The number of aromatic nitrogens is 2. The van der Waals surface area contributed by atoms with Crippen molar-refractivity contribution < 1.29 is 9.53 Å². The van der Waals surface area contributed by atoms with E-state index in [4.69, 9.17) is 9.72 Å². The molecule has 6 nitrogen and oxygen atoms in total. The van der Waals surface area contributed by atoms with E-state index in [-0.39, 0.29) is 11.8 Å². The number of carbonyl (C=O) groups is 1. The molecule has 0 saturated carbocycles. The summed E-state index contributed by atoms with van der Waals surface area (Å²) >= 11 is 0. The first-order valence-electron chi connectivity index (χ1n) is 10.6. The van der Waals surface area contributed by atoms with Crippen LogP contribution in [0.25, 0.3) is 0 Å². The van der Waals surface area contributed by atoms with Crippen LogP contribution in [0.15, 0.2) is 30.5 Å². The highest BCUT2D eigenvalue weighted by atomic mass is 16.5. The van der Waals surface area contributed by atoms with Crippen LogP contribution in [0, 0.1) is 6.92 Å². The zero-order valence-electron chi connectivity index (χ0n) is 17.4. The Bertz CT molecular complexity index is 870. The van der Waals surface area contributed by atoms with E-state index in [0.717, 1.165) is 70.2 Å². The van der Waals surface area contributed by atoms with Gasteiger partial charge in [-0.2, -0.15) is 0 Å². The van der Waals surface area contributed by atoms with E-state index in [0.29, 0.717) is 0 Å². The largest absolute Gasteiger partial charge is 0.493 e. The SMILES string of the molecule is CC(=O)N1CC[C@@H](c2ncc3c(n2)CCN(CCCOc2ccccc2C)C3)C1. The zero-order valence-corrected chi connectivity index (χ0v) is 17.4. The van der Waals surface area contributed by atoms with Gasteiger partial charge in [-0.05, 0) is 31.4 Å². The molecule has 2 aliphatic heterocycles. The smallest absolute Gasteiger partial charge is 0.219 e. The maximum atomic E-state index is 11.6. The van der Waals surface area contributed by atoms with Crippen LogP contribution < -0.4 is 4.74 Å². The van der Waals surface area contributed by atoms with Crippen molar-refractivity contribution in [3.05, 3.63) is 53.1 Å². The Labute approximate surface area is 172 Å². The molecule has 0 N–H and O–H groups in total. The van der Waals surface area contributed by atoms with Gasteiger partial charge in [-0.25, -0.2) is 9.97 Å². The molecule has 4 rings (SSSR count). The van der Waals surface area contributed by atoms with Crippen LogP contribution in [0.4, 0.5) is 0 Å². The molecule has 154 valence electrons. The van der Waals surface area contributed by atoms with Gasteiger partial charge in [0.2, 0.25) is 5.91 Å². The maximum Gasteiger partial charge on any atom is 0.219 e. The van der Waals surface area contributed by atoms with Gasteiger partial charge in [0, 0.05) is 69.4 Å². The number of amides is 1. The molecule has 0 bridgehead atoms. The number of benzene rings is 1. The van der Waals surface area contributed by atoms with Crippen LogP contribution in [0.3, 0.4) is 0 Å². The molecule has 1 aromatic carbocycles. The second-order valence-electron chi connectivity index (χ2n) is 8.14. The second-order valence-corrected chi connectivity index (χ2v) is 8.14. The van der Waals surface area contributed by atoms with Gasteiger partial charge >= 0.3 is 0 Å². The number of hydrogen-bond donors (Lipinski definition) is 0. The number of rotatable bonds is 6. The van der Waals surface area contributed by atoms with Crippen molar-refractivity contribution >= 4 is 5.91 Å². The van der Waals surface area contributed by atoms with Gasteiger partial charge in [-0.3, -0.25) is 9.69 Å². The fourth-order valence-electron chi connectivity index (χ4n) is 4.22. The maximum absolute atomic E-state index is 11.6. The summed E-state index contributed by atoms with van der Waals surface area (Å²) in [5.74, 6) is 2.31. The normalized spacial score (nSPS) is 19.2. The number of likely N-dealkylation sites (tertiary alicyclic amines) is 1. The molecule has 29 heavy (non-hydrogen) atoms. The third-order valence-corrected chi connectivity index (χ3v) is 6.00. The molecule has 2 aromatic rings. The van der Waals surface area contributed by atoms with Crippen molar-refractivity contribution in [2.75, 3.05) is 32.8 Å². The van der Waals surface area contributed by atoms with Gasteiger partial charge in [0.1, 0.15) is 11.6 Å². The first-order valence-corrected chi connectivity index (χ1v) is 10.6. The molecule has 1 fully saturated rings. The average molecular weight is 395 g/mol. The van der Waals surface area contributed by atoms with E-state index in [1.54, 1.807) is 6.92 Å². The van der Waals surface area contributed by atoms with Crippen molar-refractivity contribution in [2.45, 2.75) is 45.6 Å². The average Bonchev–Trinajstić information content (AvgIpc) is 3.23. The summed E-state index contributed by atoms with van der Waals surface area (Å²) < 4.78 is 5.92. The van der Waals surface area contributed by atoms with Crippen LogP contribution in [0.1, 0.15) is 48.3 Å². The Kier molecular flexibility index (Phi) is 6.09. The standard InChI is InChI=1S/C23H30N4O2/c1-17-6-3-4-7-22(17)29-13-5-10-26-11-9-21-20(15-26)14-24-23(25-21)19-8-12-27(16-19)18(2)28/h3-4,6-7,14,19H,5,8-13,15-16H2,1-2H3/t19-/m1/s1. The van der Waals surface area contributed by atoms with Gasteiger partial charge in [0.25, 0.3) is 0 Å². The first kappa shape index (κ1) is 19.8. The third-order valence-electron chi connectivity index (χ3n) is 6.00. The molecule has 6 heteroatoms. The Hall–Kier alpha value is -2.47. The highest BCUT2D eigenvalue weighted by Crippen LogP contribution is 2.26.